The van der Waals surface area contributed by atoms with Crippen molar-refractivity contribution in [2.75, 3.05) is 23.0 Å². The summed E-state index contributed by atoms with van der Waals surface area (Å²) < 4.78 is 0. The van der Waals surface area contributed by atoms with Crippen molar-refractivity contribution in [3.05, 3.63) is 24.3 Å². The summed E-state index contributed by atoms with van der Waals surface area (Å²) >= 11 is 1.40. The van der Waals surface area contributed by atoms with Crippen LogP contribution in [-0.2, 0) is 9.59 Å². The van der Waals surface area contributed by atoms with Crippen molar-refractivity contribution >= 4 is 35.0 Å². The van der Waals surface area contributed by atoms with Crippen molar-refractivity contribution in [3.8, 4) is 0 Å². The molecular weight excluding hydrogens is 264 g/mol. The van der Waals surface area contributed by atoms with Crippen molar-refractivity contribution in [1.82, 2.24) is 0 Å². The quantitative estimate of drug-likeness (QED) is 0.742. The highest BCUT2D eigenvalue weighted by molar-refractivity contribution is 8.00. The van der Waals surface area contributed by atoms with Gasteiger partial charge < -0.3 is 15.7 Å². The van der Waals surface area contributed by atoms with E-state index in [2.05, 4.69) is 10.6 Å². The lowest BCUT2D eigenvalue weighted by molar-refractivity contribution is -0.115. The molecular formula is C13H18N2O3S. The molecule has 3 N–H and O–H groups in total. The van der Waals surface area contributed by atoms with E-state index >= 15 is 0 Å². The van der Waals surface area contributed by atoms with Gasteiger partial charge in [-0.15, -0.1) is 11.8 Å². The van der Waals surface area contributed by atoms with E-state index in [1.807, 2.05) is 0 Å². The smallest absolute Gasteiger partial charge is 0.237 e. The monoisotopic (exact) mass is 282 g/mol. The fourth-order valence-corrected chi connectivity index (χ4v) is 2.06. The number of carbonyl (C=O) groups excluding carboxylic acids is 2. The molecule has 1 atom stereocenters. The van der Waals surface area contributed by atoms with Gasteiger partial charge in [0.2, 0.25) is 11.8 Å². The highest BCUT2D eigenvalue weighted by Gasteiger charge is 2.12. The van der Waals surface area contributed by atoms with E-state index in [9.17, 15) is 9.59 Å². The van der Waals surface area contributed by atoms with Gasteiger partial charge in [-0.3, -0.25) is 9.59 Å². The average Bonchev–Trinajstić information content (AvgIpc) is 2.37. The second kappa shape index (κ2) is 7.81. The van der Waals surface area contributed by atoms with Crippen molar-refractivity contribution in [2.24, 2.45) is 0 Å². The first kappa shape index (κ1) is 15.5. The molecule has 0 fully saturated rings. The van der Waals surface area contributed by atoms with Gasteiger partial charge in [0.15, 0.2) is 0 Å². The molecule has 104 valence electrons. The van der Waals surface area contributed by atoms with Crippen molar-refractivity contribution in [3.63, 3.8) is 0 Å². The summed E-state index contributed by atoms with van der Waals surface area (Å²) in [6.45, 7) is 3.30. The maximum Gasteiger partial charge on any atom is 0.237 e. The van der Waals surface area contributed by atoms with E-state index < -0.39 is 0 Å². The molecule has 0 radical (unpaired) electrons. The molecule has 19 heavy (non-hydrogen) atoms. The Bertz CT molecular complexity index is 434. The molecule has 2 amide bonds. The summed E-state index contributed by atoms with van der Waals surface area (Å²) in [6.07, 6.45) is 0. The maximum atomic E-state index is 11.8. The van der Waals surface area contributed by atoms with E-state index in [0.717, 1.165) is 0 Å². The van der Waals surface area contributed by atoms with Crippen LogP contribution in [-0.4, -0.2) is 34.5 Å². The van der Waals surface area contributed by atoms with Crippen LogP contribution in [0.25, 0.3) is 0 Å². The van der Waals surface area contributed by atoms with Gasteiger partial charge in [0, 0.05) is 24.1 Å². The molecule has 5 nitrogen and oxygen atoms in total. The molecule has 0 saturated heterocycles. The van der Waals surface area contributed by atoms with Crippen molar-refractivity contribution in [2.45, 2.75) is 19.1 Å². The standard InChI is InChI=1S/C13H18N2O3S/c1-9(19-8-7-16)13(18)15-12-5-3-11(4-6-12)14-10(2)17/h3-6,9,16H,7-8H2,1-2H3,(H,14,17)(H,15,18)/t9-/m0/s1. The number of thioether (sulfide) groups is 1. The van der Waals surface area contributed by atoms with E-state index in [-0.39, 0.29) is 23.7 Å². The Morgan fingerprint density at radius 3 is 2.21 bits per heavy atom. The summed E-state index contributed by atoms with van der Waals surface area (Å²) in [5.41, 5.74) is 1.36. The van der Waals surface area contributed by atoms with Crippen LogP contribution in [0.15, 0.2) is 24.3 Å². The molecule has 0 aliphatic heterocycles. The summed E-state index contributed by atoms with van der Waals surface area (Å²) in [7, 11) is 0. The van der Waals surface area contributed by atoms with Gasteiger partial charge in [0.25, 0.3) is 0 Å². The summed E-state index contributed by atoms with van der Waals surface area (Å²) in [5, 5.41) is 13.9. The fraction of sp³-hybridized carbons (Fsp3) is 0.385. The number of nitrogens with one attached hydrogen (secondary N) is 2. The Morgan fingerprint density at radius 1 is 1.21 bits per heavy atom. The minimum atomic E-state index is -0.220. The predicted molar refractivity (Wildman–Crippen MR) is 78.4 cm³/mol. The molecule has 0 saturated carbocycles. The van der Waals surface area contributed by atoms with Crippen LogP contribution in [0.5, 0.6) is 0 Å². The molecule has 1 aromatic rings. The van der Waals surface area contributed by atoms with E-state index in [4.69, 9.17) is 5.11 Å². The summed E-state index contributed by atoms with van der Waals surface area (Å²) in [5.74, 6) is 0.298. The Balaban J connectivity index is 2.52. The topological polar surface area (TPSA) is 78.4 Å². The molecule has 1 aromatic carbocycles. The normalized spacial score (nSPS) is 11.7. The Labute approximate surface area is 116 Å². The minimum absolute atomic E-state index is 0.0632. The third kappa shape index (κ3) is 5.76. The SMILES string of the molecule is CC(=O)Nc1ccc(NC(=O)[C@H](C)SCCO)cc1. The molecule has 6 heteroatoms. The number of rotatable bonds is 6. The largest absolute Gasteiger partial charge is 0.396 e. The lowest BCUT2D eigenvalue weighted by Crippen LogP contribution is -2.23. The van der Waals surface area contributed by atoms with Gasteiger partial charge in [-0.05, 0) is 31.2 Å². The molecule has 0 unspecified atom stereocenters. The Morgan fingerprint density at radius 2 is 1.74 bits per heavy atom. The zero-order valence-electron chi connectivity index (χ0n) is 11.0. The third-order valence-electron chi connectivity index (χ3n) is 2.30. The fourth-order valence-electron chi connectivity index (χ4n) is 1.39. The number of hydrogen-bond acceptors (Lipinski definition) is 4. The maximum absolute atomic E-state index is 11.8. The third-order valence-corrected chi connectivity index (χ3v) is 3.43. The van der Waals surface area contributed by atoms with Gasteiger partial charge in [0.1, 0.15) is 0 Å². The van der Waals surface area contributed by atoms with Gasteiger partial charge in [-0.1, -0.05) is 0 Å². The number of carbonyl (C=O) groups is 2. The molecule has 0 aromatic heterocycles. The number of benzene rings is 1. The first-order valence-corrected chi connectivity index (χ1v) is 6.99. The van der Waals surface area contributed by atoms with E-state index in [1.165, 1.54) is 18.7 Å². The number of anilines is 2. The van der Waals surface area contributed by atoms with Gasteiger partial charge in [-0.25, -0.2) is 0 Å². The van der Waals surface area contributed by atoms with E-state index in [0.29, 0.717) is 17.1 Å². The second-order valence-electron chi connectivity index (χ2n) is 3.98. The molecule has 0 aliphatic carbocycles. The molecule has 0 spiro atoms. The Kier molecular flexibility index (Phi) is 6.38. The highest BCUT2D eigenvalue weighted by atomic mass is 32.2. The van der Waals surface area contributed by atoms with Crippen LogP contribution >= 0.6 is 11.8 Å². The van der Waals surface area contributed by atoms with Crippen LogP contribution in [0.4, 0.5) is 11.4 Å². The van der Waals surface area contributed by atoms with Gasteiger partial charge >= 0.3 is 0 Å². The molecule has 1 rings (SSSR count). The van der Waals surface area contributed by atoms with Gasteiger partial charge in [0.05, 0.1) is 11.9 Å². The summed E-state index contributed by atoms with van der Waals surface area (Å²) in [6, 6.07) is 6.91. The first-order valence-electron chi connectivity index (χ1n) is 5.94. The Hall–Kier alpha value is -1.53. The van der Waals surface area contributed by atoms with Crippen LogP contribution in [0, 0.1) is 0 Å². The van der Waals surface area contributed by atoms with Crippen LogP contribution in [0.1, 0.15) is 13.8 Å². The van der Waals surface area contributed by atoms with Crippen molar-refractivity contribution < 1.29 is 14.7 Å². The second-order valence-corrected chi connectivity index (χ2v) is 5.43. The summed E-state index contributed by atoms with van der Waals surface area (Å²) in [4.78, 5) is 22.7. The van der Waals surface area contributed by atoms with Gasteiger partial charge in [-0.2, -0.15) is 0 Å². The molecule has 0 heterocycles. The molecule has 0 aliphatic rings. The minimum Gasteiger partial charge on any atom is -0.396 e. The zero-order chi connectivity index (χ0) is 14.3. The van der Waals surface area contributed by atoms with Crippen LogP contribution in [0.2, 0.25) is 0 Å². The van der Waals surface area contributed by atoms with Crippen LogP contribution in [0.3, 0.4) is 0 Å². The van der Waals surface area contributed by atoms with Crippen molar-refractivity contribution in [1.29, 1.82) is 0 Å². The average molecular weight is 282 g/mol. The lowest BCUT2D eigenvalue weighted by Gasteiger charge is -2.11. The number of aliphatic hydroxyl groups is 1. The lowest BCUT2D eigenvalue weighted by atomic mass is 10.2. The number of aliphatic hydroxyl groups excluding tert-OH is 1. The predicted octanol–water partition coefficient (Wildman–Crippen LogP) is 1.70. The zero-order valence-corrected chi connectivity index (χ0v) is 11.8. The first-order chi connectivity index (χ1) is 9.02. The van der Waals surface area contributed by atoms with Crippen LogP contribution < -0.4 is 10.6 Å². The van der Waals surface area contributed by atoms with E-state index in [1.54, 1.807) is 31.2 Å². The highest BCUT2D eigenvalue weighted by Crippen LogP contribution is 2.16. The number of hydrogen-bond donors (Lipinski definition) is 3. The molecule has 0 bridgehead atoms. The number of amides is 2.